The molecule has 0 amide bonds. The molecule has 6 heteroatoms. The Bertz CT molecular complexity index is 540. The summed E-state index contributed by atoms with van der Waals surface area (Å²) in [6.45, 7) is 6.64. The molecule has 1 aliphatic rings. The van der Waals surface area contributed by atoms with Crippen molar-refractivity contribution in [1.29, 1.82) is 0 Å². The van der Waals surface area contributed by atoms with Crippen molar-refractivity contribution in [3.63, 3.8) is 0 Å². The first-order valence-corrected chi connectivity index (χ1v) is 9.67. The highest BCUT2D eigenvalue weighted by Crippen LogP contribution is 2.25. The van der Waals surface area contributed by atoms with Gasteiger partial charge in [-0.05, 0) is 50.1 Å². The Morgan fingerprint density at radius 1 is 1.29 bits per heavy atom. The molecule has 2 N–H and O–H groups in total. The fraction of sp³-hybridized carbons (Fsp3) is 0.556. The molecule has 1 unspecified atom stereocenters. The van der Waals surface area contributed by atoms with Crippen LogP contribution in [0.2, 0.25) is 0 Å². The number of carbonyl (C=O) groups excluding carboxylic acids is 1. The first kappa shape index (κ1) is 18.6. The maximum Gasteiger partial charge on any atom is 0.338 e. The number of ether oxygens (including phenoxy) is 1. The Balaban J connectivity index is 1.88. The van der Waals surface area contributed by atoms with E-state index in [0.29, 0.717) is 24.0 Å². The van der Waals surface area contributed by atoms with Gasteiger partial charge in [-0.2, -0.15) is 11.8 Å². The second kappa shape index (κ2) is 10.2. The van der Waals surface area contributed by atoms with E-state index in [1.54, 1.807) is 19.1 Å². The minimum atomic E-state index is -0.281. The molecule has 132 valence electrons. The Labute approximate surface area is 148 Å². The number of hydrogen-bond donors (Lipinski definition) is 2. The third-order valence-corrected chi connectivity index (χ3v) is 5.15. The Hall–Kier alpha value is -1.69. The number of hydrogen-bond acceptors (Lipinski definition) is 4. The van der Waals surface area contributed by atoms with E-state index >= 15 is 0 Å². The van der Waals surface area contributed by atoms with Crippen LogP contribution >= 0.6 is 11.8 Å². The van der Waals surface area contributed by atoms with Crippen LogP contribution in [0.1, 0.15) is 42.6 Å². The normalized spacial score (nSPS) is 17.6. The lowest BCUT2D eigenvalue weighted by molar-refractivity contribution is 0.0526. The van der Waals surface area contributed by atoms with Crippen LogP contribution < -0.4 is 10.6 Å². The number of aliphatic imine (C=N–C) groups is 1. The number of carbonyl (C=O) groups is 1. The molecule has 0 radical (unpaired) electrons. The predicted octanol–water partition coefficient (Wildman–Crippen LogP) is 2.81. The summed E-state index contributed by atoms with van der Waals surface area (Å²) in [5.74, 6) is 1.84. The number of nitrogens with one attached hydrogen (secondary N) is 2. The van der Waals surface area contributed by atoms with E-state index in [-0.39, 0.29) is 5.97 Å². The van der Waals surface area contributed by atoms with E-state index in [0.717, 1.165) is 24.6 Å². The summed E-state index contributed by atoms with van der Waals surface area (Å²) in [4.78, 5) is 16.3. The highest BCUT2D eigenvalue weighted by molar-refractivity contribution is 8.00. The molecule has 1 atom stereocenters. The average molecular weight is 350 g/mol. The Morgan fingerprint density at radius 2 is 2.08 bits per heavy atom. The summed E-state index contributed by atoms with van der Waals surface area (Å²) >= 11 is 2.04. The van der Waals surface area contributed by atoms with Crippen molar-refractivity contribution in [3.05, 3.63) is 35.4 Å². The third kappa shape index (κ3) is 6.07. The second-order valence-corrected chi connectivity index (χ2v) is 7.04. The standard InChI is InChI=1S/C18H27N3O2S/c1-3-19-18(21-13-16-6-5-11-24-16)20-12-14-7-9-15(10-8-14)17(22)23-4-2/h7-10,16H,3-6,11-13H2,1-2H3,(H2,19,20,21). The summed E-state index contributed by atoms with van der Waals surface area (Å²) < 4.78 is 4.99. The molecule has 5 nitrogen and oxygen atoms in total. The topological polar surface area (TPSA) is 62.7 Å². The zero-order chi connectivity index (χ0) is 17.2. The highest BCUT2D eigenvalue weighted by atomic mass is 32.2. The number of rotatable bonds is 7. The third-order valence-electron chi connectivity index (χ3n) is 3.75. The van der Waals surface area contributed by atoms with Crippen molar-refractivity contribution in [2.75, 3.05) is 25.4 Å². The lowest BCUT2D eigenvalue weighted by Gasteiger charge is -2.14. The zero-order valence-electron chi connectivity index (χ0n) is 14.5. The van der Waals surface area contributed by atoms with Gasteiger partial charge in [-0.1, -0.05) is 12.1 Å². The van der Waals surface area contributed by atoms with Crippen LogP contribution in [0.25, 0.3) is 0 Å². The Kier molecular flexibility index (Phi) is 7.95. The van der Waals surface area contributed by atoms with Crippen molar-refractivity contribution in [1.82, 2.24) is 10.6 Å². The first-order valence-electron chi connectivity index (χ1n) is 8.62. The van der Waals surface area contributed by atoms with Gasteiger partial charge < -0.3 is 15.4 Å². The maximum absolute atomic E-state index is 11.6. The maximum atomic E-state index is 11.6. The van der Waals surface area contributed by atoms with Gasteiger partial charge in [0.15, 0.2) is 5.96 Å². The molecule has 0 bridgehead atoms. The van der Waals surface area contributed by atoms with Crippen molar-refractivity contribution in [3.8, 4) is 0 Å². The van der Waals surface area contributed by atoms with E-state index < -0.39 is 0 Å². The molecule has 1 aromatic carbocycles. The van der Waals surface area contributed by atoms with Gasteiger partial charge >= 0.3 is 5.97 Å². The van der Waals surface area contributed by atoms with Crippen molar-refractivity contribution >= 4 is 23.7 Å². The van der Waals surface area contributed by atoms with Crippen molar-refractivity contribution < 1.29 is 9.53 Å². The number of guanidine groups is 1. The van der Waals surface area contributed by atoms with Gasteiger partial charge in [0.25, 0.3) is 0 Å². The summed E-state index contributed by atoms with van der Waals surface area (Å²) in [6.07, 6.45) is 2.60. The van der Waals surface area contributed by atoms with Gasteiger partial charge in [0.2, 0.25) is 0 Å². The van der Waals surface area contributed by atoms with E-state index in [1.807, 2.05) is 23.9 Å². The molecule has 1 aromatic rings. The van der Waals surface area contributed by atoms with Gasteiger partial charge in [-0.3, -0.25) is 0 Å². The lowest BCUT2D eigenvalue weighted by Crippen LogP contribution is -2.40. The summed E-state index contributed by atoms with van der Waals surface area (Å²) in [7, 11) is 0. The molecule has 24 heavy (non-hydrogen) atoms. The van der Waals surface area contributed by atoms with Gasteiger partial charge in [0.1, 0.15) is 0 Å². The summed E-state index contributed by atoms with van der Waals surface area (Å²) in [5.41, 5.74) is 1.64. The van der Waals surface area contributed by atoms with Gasteiger partial charge in [0, 0.05) is 18.3 Å². The molecule has 0 aromatic heterocycles. The average Bonchev–Trinajstić information content (AvgIpc) is 3.11. The molecule has 1 aliphatic heterocycles. The highest BCUT2D eigenvalue weighted by Gasteiger charge is 2.15. The second-order valence-electron chi connectivity index (χ2n) is 5.63. The van der Waals surface area contributed by atoms with E-state index in [1.165, 1.54) is 18.6 Å². The first-order chi connectivity index (χ1) is 11.7. The molecule has 1 saturated heterocycles. The SMILES string of the molecule is CCNC(=NCc1ccc(C(=O)OCC)cc1)NCC1CCCS1. The summed E-state index contributed by atoms with van der Waals surface area (Å²) in [5, 5.41) is 7.39. The lowest BCUT2D eigenvalue weighted by atomic mass is 10.1. The zero-order valence-corrected chi connectivity index (χ0v) is 15.3. The quantitative estimate of drug-likeness (QED) is 0.450. The van der Waals surface area contributed by atoms with Crippen LogP contribution in [0.5, 0.6) is 0 Å². The van der Waals surface area contributed by atoms with Crippen LogP contribution in [0.15, 0.2) is 29.3 Å². The summed E-state index contributed by atoms with van der Waals surface area (Å²) in [6, 6.07) is 7.43. The van der Waals surface area contributed by atoms with E-state index in [2.05, 4.69) is 22.5 Å². The van der Waals surface area contributed by atoms with E-state index in [9.17, 15) is 4.79 Å². The van der Waals surface area contributed by atoms with Gasteiger partial charge in [-0.25, -0.2) is 9.79 Å². The molecule has 1 fully saturated rings. The molecule has 0 aliphatic carbocycles. The monoisotopic (exact) mass is 349 g/mol. The van der Waals surface area contributed by atoms with Gasteiger partial charge in [-0.15, -0.1) is 0 Å². The van der Waals surface area contributed by atoms with Gasteiger partial charge in [0.05, 0.1) is 18.7 Å². The molecule has 0 saturated carbocycles. The number of esters is 1. The molecular weight excluding hydrogens is 322 g/mol. The molecule has 2 rings (SSSR count). The fourth-order valence-corrected chi connectivity index (χ4v) is 3.69. The number of thioether (sulfide) groups is 1. The van der Waals surface area contributed by atoms with E-state index in [4.69, 9.17) is 4.74 Å². The van der Waals surface area contributed by atoms with Crippen LogP contribution in [0, 0.1) is 0 Å². The van der Waals surface area contributed by atoms with Crippen LogP contribution in [0.4, 0.5) is 0 Å². The van der Waals surface area contributed by atoms with Crippen LogP contribution in [-0.2, 0) is 11.3 Å². The van der Waals surface area contributed by atoms with Crippen molar-refractivity contribution in [2.24, 2.45) is 4.99 Å². The predicted molar refractivity (Wildman–Crippen MR) is 101 cm³/mol. The largest absolute Gasteiger partial charge is 0.462 e. The fourth-order valence-electron chi connectivity index (χ4n) is 2.49. The van der Waals surface area contributed by atoms with Crippen LogP contribution in [0.3, 0.4) is 0 Å². The molecular formula is C18H27N3O2S. The molecule has 1 heterocycles. The van der Waals surface area contributed by atoms with Crippen LogP contribution in [-0.4, -0.2) is 42.6 Å². The number of benzene rings is 1. The van der Waals surface area contributed by atoms with Crippen molar-refractivity contribution in [2.45, 2.75) is 38.5 Å². The number of nitrogens with zero attached hydrogens (tertiary/aromatic N) is 1. The molecule has 0 spiro atoms. The smallest absolute Gasteiger partial charge is 0.338 e. The Morgan fingerprint density at radius 3 is 2.71 bits per heavy atom. The minimum Gasteiger partial charge on any atom is -0.462 e. The minimum absolute atomic E-state index is 0.281.